The lowest BCUT2D eigenvalue weighted by Gasteiger charge is -2.26. The van der Waals surface area contributed by atoms with E-state index in [9.17, 15) is 0 Å². The number of hydrogen-bond donors (Lipinski definition) is 3. The van der Waals surface area contributed by atoms with E-state index in [1.54, 1.807) is 6.34 Å². The molecule has 1 aliphatic heterocycles. The van der Waals surface area contributed by atoms with Crippen molar-refractivity contribution < 1.29 is 0 Å². The Morgan fingerprint density at radius 1 is 0.643 bits per heavy atom. The second-order valence-corrected chi connectivity index (χ2v) is 14.6. The highest BCUT2D eigenvalue weighted by molar-refractivity contribution is 6.10. The van der Waals surface area contributed by atoms with Crippen LogP contribution in [-0.2, 0) is 6.42 Å². The molecule has 3 N–H and O–H groups in total. The third-order valence-electron chi connectivity index (χ3n) is 11.1. The summed E-state index contributed by atoms with van der Waals surface area (Å²) in [5, 5.41) is 15.9. The minimum Gasteiger partial charge on any atom is -0.378 e. The molecule has 272 valence electrons. The van der Waals surface area contributed by atoms with Gasteiger partial charge in [0.15, 0.2) is 0 Å². The van der Waals surface area contributed by atoms with Gasteiger partial charge in [0.25, 0.3) is 0 Å². The molecule has 6 nitrogen and oxygen atoms in total. The molecule has 56 heavy (non-hydrogen) atoms. The molecule has 0 radical (unpaired) electrons. The van der Waals surface area contributed by atoms with E-state index in [2.05, 4.69) is 213 Å². The normalized spacial score (nSPS) is 15.1. The van der Waals surface area contributed by atoms with Gasteiger partial charge in [0.2, 0.25) is 0 Å². The summed E-state index contributed by atoms with van der Waals surface area (Å²) in [5.41, 5.74) is 12.9. The van der Waals surface area contributed by atoms with Crippen molar-refractivity contribution >= 4 is 55.6 Å². The molecule has 0 aliphatic carbocycles. The van der Waals surface area contributed by atoms with Crippen LogP contribution >= 0.6 is 0 Å². The maximum atomic E-state index is 4.34. The monoisotopic (exact) mass is 726 g/mol. The summed E-state index contributed by atoms with van der Waals surface area (Å²) in [6, 6.07) is 61.5. The van der Waals surface area contributed by atoms with Crippen molar-refractivity contribution in [2.45, 2.75) is 25.6 Å². The topological polar surface area (TPSA) is 58.3 Å². The molecule has 2 atom stereocenters. The molecule has 0 spiro atoms. The first-order chi connectivity index (χ1) is 27.7. The number of benzene rings is 7. The molecule has 0 saturated carbocycles. The largest absolute Gasteiger partial charge is 0.378 e. The lowest BCUT2D eigenvalue weighted by atomic mass is 9.98. The molecular formula is C50H42N6. The number of allylic oxidation sites excluding steroid dienone is 1. The Hall–Kier alpha value is -6.89. The van der Waals surface area contributed by atoms with Crippen molar-refractivity contribution in [1.82, 2.24) is 25.1 Å². The molecule has 9 aromatic rings. The number of rotatable bonds is 9. The van der Waals surface area contributed by atoms with Crippen LogP contribution in [0.25, 0.3) is 60.7 Å². The van der Waals surface area contributed by atoms with Crippen molar-refractivity contribution in [2.75, 3.05) is 6.67 Å². The Labute approximate surface area is 326 Å². The highest BCUT2D eigenvalue weighted by atomic mass is 15.2. The Kier molecular flexibility index (Phi) is 8.66. The molecule has 1 aliphatic rings. The predicted molar refractivity (Wildman–Crippen MR) is 234 cm³/mol. The van der Waals surface area contributed by atoms with Crippen LogP contribution in [0.5, 0.6) is 0 Å². The lowest BCUT2D eigenvalue weighted by molar-refractivity contribution is 0.498. The minimum atomic E-state index is -0.0542. The molecule has 0 saturated heterocycles. The number of fused-ring (bicyclic) bond motifs is 6. The second kappa shape index (κ2) is 14.4. The van der Waals surface area contributed by atoms with Crippen LogP contribution in [0.15, 0.2) is 181 Å². The third kappa shape index (κ3) is 6.01. The van der Waals surface area contributed by atoms with Crippen LogP contribution in [0, 0.1) is 0 Å². The number of nitrogens with zero attached hydrogens (tertiary/aromatic N) is 3. The van der Waals surface area contributed by atoms with Gasteiger partial charge in [-0.05, 0) is 72.5 Å². The highest BCUT2D eigenvalue weighted by Gasteiger charge is 2.20. The average Bonchev–Trinajstić information content (AvgIpc) is 3.79. The fraction of sp³-hybridized carbons (Fsp3) is 0.100. The van der Waals surface area contributed by atoms with Crippen LogP contribution < -0.4 is 16.0 Å². The van der Waals surface area contributed by atoms with Gasteiger partial charge >= 0.3 is 0 Å². The van der Waals surface area contributed by atoms with E-state index in [1.807, 2.05) is 0 Å². The minimum absolute atomic E-state index is 0.0542. The van der Waals surface area contributed by atoms with Gasteiger partial charge in [0, 0.05) is 50.2 Å². The average molecular weight is 727 g/mol. The van der Waals surface area contributed by atoms with Gasteiger partial charge in [-0.2, -0.15) is 0 Å². The molecular weight excluding hydrogens is 685 g/mol. The van der Waals surface area contributed by atoms with E-state index in [1.165, 1.54) is 60.3 Å². The number of aromatic nitrogens is 2. The first-order valence-electron chi connectivity index (χ1n) is 19.4. The maximum Gasteiger partial charge on any atom is 0.106 e. The van der Waals surface area contributed by atoms with Crippen molar-refractivity contribution in [3.05, 3.63) is 198 Å². The Morgan fingerprint density at radius 3 is 1.68 bits per heavy atom. The van der Waals surface area contributed by atoms with Crippen LogP contribution in [0.2, 0.25) is 0 Å². The highest BCUT2D eigenvalue weighted by Crippen LogP contribution is 2.36. The van der Waals surface area contributed by atoms with E-state index in [0.29, 0.717) is 13.1 Å². The van der Waals surface area contributed by atoms with Crippen molar-refractivity contribution in [3.63, 3.8) is 0 Å². The first kappa shape index (κ1) is 33.7. The SMILES string of the molecule is CC(N/C(=C\Cc1cc(-n2c3ccccc3c3ccccc32)cc(-n2c3ccccc3c3ccccc32)c1)c1ccccc1C1NC=NCN1)c1ccccc1. The van der Waals surface area contributed by atoms with Crippen LogP contribution in [0.4, 0.5) is 0 Å². The standard InChI is InChI=1S/C50H42N6/c1-34(36-15-3-2-4-16-36)54-45(39-17-5-6-22-44(39)50-52-32-51-33-53-50)28-27-35-29-37(55-46-23-11-7-18-40(46)41-19-8-12-24-47(41)55)31-38(30-35)56-48-25-13-9-20-42(48)43-21-10-14-26-49(43)56/h2-26,28-32,34,50,53-54H,27,33H2,1H3,(H,51,52)/b45-28-. The molecule has 2 aromatic heterocycles. The molecule has 10 rings (SSSR count). The van der Waals surface area contributed by atoms with E-state index in [0.717, 1.165) is 22.6 Å². The number of hydrogen-bond acceptors (Lipinski definition) is 4. The molecule has 6 heteroatoms. The van der Waals surface area contributed by atoms with E-state index >= 15 is 0 Å². The zero-order chi connectivity index (χ0) is 37.4. The molecule has 0 fully saturated rings. The maximum absolute atomic E-state index is 4.34. The molecule has 3 heterocycles. The van der Waals surface area contributed by atoms with Gasteiger partial charge in [-0.3, -0.25) is 10.3 Å². The van der Waals surface area contributed by atoms with Crippen LogP contribution in [0.1, 0.15) is 41.4 Å². The number of aliphatic imine (C=N–C) groups is 1. The van der Waals surface area contributed by atoms with Crippen LogP contribution in [-0.4, -0.2) is 22.1 Å². The molecule has 7 aromatic carbocycles. The summed E-state index contributed by atoms with van der Waals surface area (Å²) in [4.78, 5) is 4.34. The second-order valence-electron chi connectivity index (χ2n) is 14.6. The summed E-state index contributed by atoms with van der Waals surface area (Å²) < 4.78 is 4.87. The lowest BCUT2D eigenvalue weighted by Crippen LogP contribution is -2.38. The van der Waals surface area contributed by atoms with E-state index in [4.69, 9.17) is 0 Å². The van der Waals surface area contributed by atoms with Crippen LogP contribution in [0.3, 0.4) is 0 Å². The van der Waals surface area contributed by atoms with Crippen molar-refractivity contribution in [3.8, 4) is 11.4 Å². The van der Waals surface area contributed by atoms with Gasteiger partial charge < -0.3 is 19.8 Å². The van der Waals surface area contributed by atoms with E-state index in [-0.39, 0.29) is 12.2 Å². The summed E-state index contributed by atoms with van der Waals surface area (Å²) in [6.07, 6.45) is 4.83. The molecule has 0 bridgehead atoms. The Morgan fingerprint density at radius 2 is 1.14 bits per heavy atom. The Bertz CT molecular complexity index is 2690. The van der Waals surface area contributed by atoms with Gasteiger partial charge in [-0.25, -0.2) is 0 Å². The number of para-hydroxylation sites is 4. The first-order valence-corrected chi connectivity index (χ1v) is 19.4. The van der Waals surface area contributed by atoms with Gasteiger partial charge in [0.1, 0.15) is 6.17 Å². The van der Waals surface area contributed by atoms with Gasteiger partial charge in [0.05, 0.1) is 35.1 Å². The fourth-order valence-corrected chi connectivity index (χ4v) is 8.53. The summed E-state index contributed by atoms with van der Waals surface area (Å²) in [7, 11) is 0. The zero-order valence-electron chi connectivity index (χ0n) is 31.2. The fourth-order valence-electron chi connectivity index (χ4n) is 8.53. The quantitative estimate of drug-likeness (QED) is 0.139. The van der Waals surface area contributed by atoms with Gasteiger partial charge in [-0.1, -0.05) is 133 Å². The zero-order valence-corrected chi connectivity index (χ0v) is 31.2. The van der Waals surface area contributed by atoms with Crippen molar-refractivity contribution in [2.24, 2.45) is 4.99 Å². The van der Waals surface area contributed by atoms with Gasteiger partial charge in [-0.15, -0.1) is 0 Å². The van der Waals surface area contributed by atoms with E-state index < -0.39 is 0 Å². The van der Waals surface area contributed by atoms with Crippen molar-refractivity contribution in [1.29, 1.82) is 0 Å². The summed E-state index contributed by atoms with van der Waals surface area (Å²) >= 11 is 0. The summed E-state index contributed by atoms with van der Waals surface area (Å²) in [5.74, 6) is 0. The molecule has 2 unspecified atom stereocenters. The third-order valence-corrected chi connectivity index (χ3v) is 11.1. The molecule has 0 amide bonds. The summed E-state index contributed by atoms with van der Waals surface area (Å²) in [6.45, 7) is 2.80. The Balaban J connectivity index is 1.17. The smallest absolute Gasteiger partial charge is 0.106 e. The number of nitrogens with one attached hydrogen (secondary N) is 3. The predicted octanol–water partition coefficient (Wildman–Crippen LogP) is 11.0.